The Kier molecular flexibility index (Phi) is 4.30. The van der Waals surface area contributed by atoms with E-state index >= 15 is 0 Å². The molecule has 0 saturated carbocycles. The maximum atomic E-state index is 13.1. The van der Waals surface area contributed by atoms with E-state index in [9.17, 15) is 9.18 Å². The molecule has 0 atom stereocenters. The number of hydrogen-bond acceptors (Lipinski definition) is 5. The summed E-state index contributed by atoms with van der Waals surface area (Å²) in [7, 11) is 1.56. The molecule has 0 bridgehead atoms. The second kappa shape index (κ2) is 6.92. The Morgan fingerprint density at radius 3 is 2.37 bits per heavy atom. The highest BCUT2D eigenvalue weighted by Crippen LogP contribution is 2.30. The molecular weight excluding hydrogens is 349 g/mol. The molecular formula is C21H14FNO4. The van der Waals surface area contributed by atoms with Gasteiger partial charge in [-0.25, -0.2) is 9.18 Å². The van der Waals surface area contributed by atoms with E-state index in [0.29, 0.717) is 28.3 Å². The first-order valence-electron chi connectivity index (χ1n) is 8.15. The minimum absolute atomic E-state index is 0.320. The van der Waals surface area contributed by atoms with Crippen LogP contribution < -0.4 is 9.47 Å². The van der Waals surface area contributed by atoms with E-state index < -0.39 is 5.97 Å². The van der Waals surface area contributed by atoms with Crippen molar-refractivity contribution in [1.29, 1.82) is 0 Å². The van der Waals surface area contributed by atoms with Gasteiger partial charge in [-0.1, -0.05) is 5.16 Å². The van der Waals surface area contributed by atoms with Crippen LogP contribution in [0.4, 0.5) is 4.39 Å². The van der Waals surface area contributed by atoms with E-state index in [1.807, 2.05) is 0 Å². The van der Waals surface area contributed by atoms with Crippen molar-refractivity contribution >= 4 is 16.9 Å². The van der Waals surface area contributed by atoms with Crippen LogP contribution in [0.2, 0.25) is 0 Å². The fourth-order valence-corrected chi connectivity index (χ4v) is 2.69. The molecule has 0 aliphatic carbocycles. The Hall–Kier alpha value is -3.67. The van der Waals surface area contributed by atoms with Gasteiger partial charge in [0.2, 0.25) is 0 Å². The molecule has 0 unspecified atom stereocenters. The van der Waals surface area contributed by atoms with E-state index in [0.717, 1.165) is 10.9 Å². The number of nitrogens with zero attached hydrogens (tertiary/aromatic N) is 1. The maximum absolute atomic E-state index is 13.1. The zero-order valence-electron chi connectivity index (χ0n) is 14.3. The van der Waals surface area contributed by atoms with E-state index in [2.05, 4.69) is 5.16 Å². The van der Waals surface area contributed by atoms with Gasteiger partial charge in [0, 0.05) is 17.0 Å². The maximum Gasteiger partial charge on any atom is 0.343 e. The van der Waals surface area contributed by atoms with Crippen LogP contribution in [-0.4, -0.2) is 18.2 Å². The molecule has 1 heterocycles. The third-order valence-electron chi connectivity index (χ3n) is 4.10. The number of halogens is 1. The van der Waals surface area contributed by atoms with Crippen molar-refractivity contribution < 1.29 is 23.2 Å². The third kappa shape index (κ3) is 3.37. The Bertz CT molecular complexity index is 1100. The summed E-state index contributed by atoms with van der Waals surface area (Å²) in [5.74, 6) is 0.183. The minimum Gasteiger partial charge on any atom is -0.497 e. The van der Waals surface area contributed by atoms with Crippen molar-refractivity contribution in [3.8, 4) is 22.8 Å². The number of carbonyl (C=O) groups is 1. The second-order valence-corrected chi connectivity index (χ2v) is 5.81. The Labute approximate surface area is 153 Å². The second-order valence-electron chi connectivity index (χ2n) is 5.81. The lowest BCUT2D eigenvalue weighted by Crippen LogP contribution is -2.08. The summed E-state index contributed by atoms with van der Waals surface area (Å²) in [6.45, 7) is 0. The van der Waals surface area contributed by atoms with Crippen LogP contribution in [0.1, 0.15) is 10.4 Å². The number of esters is 1. The predicted octanol–water partition coefficient (Wildman–Crippen LogP) is 4.86. The molecule has 3 aromatic carbocycles. The number of benzene rings is 3. The van der Waals surface area contributed by atoms with Crippen LogP contribution in [0.25, 0.3) is 22.2 Å². The fraction of sp³-hybridized carbons (Fsp3) is 0.0476. The lowest BCUT2D eigenvalue weighted by molar-refractivity contribution is 0.0735. The van der Waals surface area contributed by atoms with Gasteiger partial charge in [-0.05, 0) is 60.7 Å². The zero-order chi connectivity index (χ0) is 18.8. The largest absolute Gasteiger partial charge is 0.497 e. The molecule has 0 aliphatic heterocycles. The van der Waals surface area contributed by atoms with Crippen LogP contribution in [-0.2, 0) is 0 Å². The van der Waals surface area contributed by atoms with E-state index in [1.165, 1.54) is 12.1 Å². The number of fused-ring (bicyclic) bond motifs is 1. The van der Waals surface area contributed by atoms with Gasteiger partial charge in [-0.15, -0.1) is 0 Å². The van der Waals surface area contributed by atoms with Crippen molar-refractivity contribution in [3.63, 3.8) is 0 Å². The van der Waals surface area contributed by atoms with Crippen molar-refractivity contribution in [2.24, 2.45) is 0 Å². The van der Waals surface area contributed by atoms with Gasteiger partial charge in [-0.2, -0.15) is 0 Å². The molecule has 1 aromatic heterocycles. The highest BCUT2D eigenvalue weighted by atomic mass is 19.1. The van der Waals surface area contributed by atoms with Crippen LogP contribution >= 0.6 is 0 Å². The molecule has 27 heavy (non-hydrogen) atoms. The first kappa shape index (κ1) is 16.8. The topological polar surface area (TPSA) is 61.6 Å². The first-order valence-corrected chi connectivity index (χ1v) is 8.15. The summed E-state index contributed by atoms with van der Waals surface area (Å²) >= 11 is 0. The van der Waals surface area contributed by atoms with E-state index in [4.69, 9.17) is 14.0 Å². The lowest BCUT2D eigenvalue weighted by atomic mass is 10.1. The smallest absolute Gasteiger partial charge is 0.343 e. The van der Waals surface area contributed by atoms with Crippen molar-refractivity contribution in [1.82, 2.24) is 5.16 Å². The SMILES string of the molecule is COc1ccc(C(=O)Oc2ccc3c(-c4ccc(F)cc4)noc3c2)cc1. The van der Waals surface area contributed by atoms with E-state index in [-0.39, 0.29) is 5.82 Å². The van der Waals surface area contributed by atoms with Gasteiger partial charge in [-0.3, -0.25) is 0 Å². The number of aromatic nitrogens is 1. The Balaban J connectivity index is 1.58. The highest BCUT2D eigenvalue weighted by molar-refractivity contribution is 5.94. The Morgan fingerprint density at radius 1 is 0.963 bits per heavy atom. The molecule has 134 valence electrons. The van der Waals surface area contributed by atoms with Gasteiger partial charge in [0.15, 0.2) is 5.58 Å². The molecule has 6 heteroatoms. The molecule has 0 radical (unpaired) electrons. The number of carbonyl (C=O) groups excluding carboxylic acids is 1. The average Bonchev–Trinajstić information content (AvgIpc) is 3.12. The van der Waals surface area contributed by atoms with Crippen LogP contribution in [0.5, 0.6) is 11.5 Å². The van der Waals surface area contributed by atoms with Crippen molar-refractivity contribution in [3.05, 3.63) is 78.1 Å². The fourth-order valence-electron chi connectivity index (χ4n) is 2.69. The van der Waals surface area contributed by atoms with Crippen LogP contribution in [0, 0.1) is 5.82 Å². The van der Waals surface area contributed by atoms with Gasteiger partial charge in [0.25, 0.3) is 0 Å². The van der Waals surface area contributed by atoms with Gasteiger partial charge in [0.05, 0.1) is 12.7 Å². The molecule has 0 fully saturated rings. The molecule has 4 rings (SSSR count). The van der Waals surface area contributed by atoms with Crippen molar-refractivity contribution in [2.45, 2.75) is 0 Å². The molecule has 0 spiro atoms. The predicted molar refractivity (Wildman–Crippen MR) is 97.4 cm³/mol. The lowest BCUT2D eigenvalue weighted by Gasteiger charge is -2.05. The normalized spacial score (nSPS) is 10.7. The first-order chi connectivity index (χ1) is 13.1. The minimum atomic E-state index is -0.490. The number of ether oxygens (including phenoxy) is 2. The number of hydrogen-bond donors (Lipinski definition) is 0. The molecule has 0 N–H and O–H groups in total. The summed E-state index contributed by atoms with van der Waals surface area (Å²) in [5, 5.41) is 4.78. The quantitative estimate of drug-likeness (QED) is 0.383. The zero-order valence-corrected chi connectivity index (χ0v) is 14.3. The summed E-state index contributed by atoms with van der Waals surface area (Å²) in [4.78, 5) is 12.3. The van der Waals surface area contributed by atoms with Gasteiger partial charge in [0.1, 0.15) is 23.0 Å². The molecule has 0 amide bonds. The number of rotatable bonds is 4. The number of methoxy groups -OCH3 is 1. The summed E-state index contributed by atoms with van der Waals surface area (Å²) in [6, 6.07) is 17.6. The molecule has 5 nitrogen and oxygen atoms in total. The standard InChI is InChI=1S/C21H14FNO4/c1-25-16-8-4-14(5-9-16)21(24)26-17-10-11-18-19(12-17)27-23-20(18)13-2-6-15(22)7-3-13/h2-12H,1H3. The van der Waals surface area contributed by atoms with Gasteiger partial charge >= 0.3 is 5.97 Å². The summed E-state index contributed by atoms with van der Waals surface area (Å²) in [5.41, 5.74) is 2.20. The van der Waals surface area contributed by atoms with Gasteiger partial charge < -0.3 is 14.0 Å². The highest BCUT2D eigenvalue weighted by Gasteiger charge is 2.14. The average molecular weight is 363 g/mol. The summed E-state index contributed by atoms with van der Waals surface area (Å²) in [6.07, 6.45) is 0. The molecule has 4 aromatic rings. The monoisotopic (exact) mass is 363 g/mol. The summed E-state index contributed by atoms with van der Waals surface area (Å²) < 4.78 is 28.9. The van der Waals surface area contributed by atoms with Crippen LogP contribution in [0.3, 0.4) is 0 Å². The molecule has 0 aliphatic rings. The van der Waals surface area contributed by atoms with Crippen molar-refractivity contribution in [2.75, 3.05) is 7.11 Å². The molecule has 0 saturated heterocycles. The Morgan fingerprint density at radius 2 is 1.67 bits per heavy atom. The van der Waals surface area contributed by atoms with Crippen LogP contribution in [0.15, 0.2) is 71.3 Å². The third-order valence-corrected chi connectivity index (χ3v) is 4.10. The van der Waals surface area contributed by atoms with E-state index in [1.54, 1.807) is 61.7 Å².